The Kier molecular flexibility index (Phi) is 6.64. The van der Waals surface area contributed by atoms with Crippen molar-refractivity contribution in [2.75, 3.05) is 30.3 Å². The number of hydrogen-bond donors (Lipinski definition) is 1. The van der Waals surface area contributed by atoms with Gasteiger partial charge in [-0.3, -0.25) is 9.10 Å². The summed E-state index contributed by atoms with van der Waals surface area (Å²) in [7, 11) is -3.51. The van der Waals surface area contributed by atoms with Crippen molar-refractivity contribution < 1.29 is 22.7 Å². The van der Waals surface area contributed by atoms with E-state index in [0.717, 1.165) is 30.4 Å². The minimum absolute atomic E-state index is 0.0411. The van der Waals surface area contributed by atoms with Crippen molar-refractivity contribution in [2.24, 2.45) is 0 Å². The Morgan fingerprint density at radius 1 is 1.21 bits per heavy atom. The third-order valence-corrected chi connectivity index (χ3v) is 5.75. The molecule has 8 heteroatoms. The lowest BCUT2D eigenvalue weighted by Crippen LogP contribution is -2.50. The number of anilines is 1. The van der Waals surface area contributed by atoms with Crippen molar-refractivity contribution in [3.05, 3.63) is 54.1 Å². The fourth-order valence-electron chi connectivity index (χ4n) is 3.19. The van der Waals surface area contributed by atoms with Gasteiger partial charge in [-0.05, 0) is 49.6 Å². The zero-order valence-electron chi connectivity index (χ0n) is 16.6. The molecule has 7 nitrogen and oxygen atoms in total. The Bertz CT molecular complexity index is 944. The minimum Gasteiger partial charge on any atom is -0.494 e. The predicted octanol–water partition coefficient (Wildman–Crippen LogP) is 2.36. The van der Waals surface area contributed by atoms with Gasteiger partial charge in [0, 0.05) is 6.54 Å². The highest BCUT2D eigenvalue weighted by atomic mass is 32.2. The molecule has 1 heterocycles. The number of para-hydroxylation sites is 2. The number of fused-ring (bicyclic) bond motifs is 1. The van der Waals surface area contributed by atoms with Crippen LogP contribution < -0.4 is 19.1 Å². The number of aryl methyl sites for hydroxylation is 1. The molecule has 0 aliphatic carbocycles. The van der Waals surface area contributed by atoms with Crippen LogP contribution in [-0.2, 0) is 21.2 Å². The number of carbonyl (C=O) groups is 1. The van der Waals surface area contributed by atoms with Gasteiger partial charge in [-0.2, -0.15) is 0 Å². The molecule has 1 aliphatic heterocycles. The third kappa shape index (κ3) is 5.41. The molecule has 0 spiro atoms. The lowest BCUT2D eigenvalue weighted by atomic mass is 10.1. The molecule has 0 saturated carbocycles. The van der Waals surface area contributed by atoms with E-state index >= 15 is 0 Å². The third-order valence-electron chi connectivity index (χ3n) is 4.60. The highest BCUT2D eigenvalue weighted by molar-refractivity contribution is 7.92. The highest BCUT2D eigenvalue weighted by Crippen LogP contribution is 2.34. The smallest absolute Gasteiger partial charge is 0.263 e. The molecular formula is C21H26N2O5S. The summed E-state index contributed by atoms with van der Waals surface area (Å²) < 4.78 is 36.6. The summed E-state index contributed by atoms with van der Waals surface area (Å²) >= 11 is 0. The molecule has 156 valence electrons. The fraction of sp³-hybridized carbons (Fsp3) is 0.381. The van der Waals surface area contributed by atoms with Crippen LogP contribution in [-0.4, -0.2) is 46.4 Å². The lowest BCUT2D eigenvalue weighted by Gasteiger charge is -2.33. The van der Waals surface area contributed by atoms with Gasteiger partial charge >= 0.3 is 0 Å². The van der Waals surface area contributed by atoms with Crippen LogP contribution in [0.1, 0.15) is 18.9 Å². The van der Waals surface area contributed by atoms with Gasteiger partial charge in [-0.25, -0.2) is 8.42 Å². The molecule has 1 aliphatic rings. The molecule has 2 aromatic carbocycles. The molecule has 0 unspecified atom stereocenters. The van der Waals surface area contributed by atoms with E-state index in [9.17, 15) is 13.2 Å². The second kappa shape index (κ2) is 9.17. The van der Waals surface area contributed by atoms with Gasteiger partial charge in [0.15, 0.2) is 6.10 Å². The molecule has 0 saturated heterocycles. The monoisotopic (exact) mass is 418 g/mol. The summed E-state index contributed by atoms with van der Waals surface area (Å²) in [5.74, 6) is 0.910. The summed E-state index contributed by atoms with van der Waals surface area (Å²) in [6.45, 7) is 3.02. The standard InChI is InChI=1S/C21H26N2O5S/c1-3-27-17-12-10-16(11-13-17)7-6-14-22-21(24)20-15-23(29(2,25)26)18-8-4-5-9-19(18)28-20/h4-5,8-13,20H,3,6-7,14-15H2,1-2H3,(H,22,24)/t20-/m0/s1. The average molecular weight is 419 g/mol. The number of nitrogens with one attached hydrogen (secondary N) is 1. The van der Waals surface area contributed by atoms with Gasteiger partial charge in [0.2, 0.25) is 10.0 Å². The molecule has 0 bridgehead atoms. The molecular weight excluding hydrogens is 392 g/mol. The number of nitrogens with zero attached hydrogens (tertiary/aromatic N) is 1. The van der Waals surface area contributed by atoms with Crippen molar-refractivity contribution >= 4 is 21.6 Å². The van der Waals surface area contributed by atoms with Crippen molar-refractivity contribution in [3.63, 3.8) is 0 Å². The Balaban J connectivity index is 1.53. The number of rotatable bonds is 8. The molecule has 0 aromatic heterocycles. The molecule has 1 amide bonds. The first-order chi connectivity index (χ1) is 13.9. The zero-order chi connectivity index (χ0) is 20.9. The summed E-state index contributed by atoms with van der Waals surface area (Å²) in [5.41, 5.74) is 1.61. The number of benzene rings is 2. The van der Waals surface area contributed by atoms with E-state index in [4.69, 9.17) is 9.47 Å². The van der Waals surface area contributed by atoms with E-state index in [2.05, 4.69) is 5.32 Å². The molecule has 3 rings (SSSR count). The van der Waals surface area contributed by atoms with Crippen LogP contribution in [0, 0.1) is 0 Å². The first-order valence-corrected chi connectivity index (χ1v) is 11.5. The Morgan fingerprint density at radius 3 is 2.62 bits per heavy atom. The van der Waals surface area contributed by atoms with Crippen molar-refractivity contribution in [1.82, 2.24) is 5.32 Å². The highest BCUT2D eigenvalue weighted by Gasteiger charge is 2.34. The lowest BCUT2D eigenvalue weighted by molar-refractivity contribution is -0.127. The van der Waals surface area contributed by atoms with Crippen LogP contribution in [0.2, 0.25) is 0 Å². The van der Waals surface area contributed by atoms with Gasteiger partial charge in [0.25, 0.3) is 5.91 Å². The van der Waals surface area contributed by atoms with Gasteiger partial charge < -0.3 is 14.8 Å². The van der Waals surface area contributed by atoms with Gasteiger partial charge in [-0.15, -0.1) is 0 Å². The Morgan fingerprint density at radius 2 is 1.93 bits per heavy atom. The summed E-state index contributed by atoms with van der Waals surface area (Å²) in [4.78, 5) is 12.5. The number of carbonyl (C=O) groups excluding carboxylic acids is 1. The molecule has 1 N–H and O–H groups in total. The maximum atomic E-state index is 12.5. The molecule has 2 aromatic rings. The maximum absolute atomic E-state index is 12.5. The second-order valence-electron chi connectivity index (χ2n) is 6.84. The number of sulfonamides is 1. The van der Waals surface area contributed by atoms with Gasteiger partial charge in [0.1, 0.15) is 11.5 Å². The van der Waals surface area contributed by atoms with Crippen molar-refractivity contribution in [3.8, 4) is 11.5 Å². The number of hydrogen-bond acceptors (Lipinski definition) is 5. The van der Waals surface area contributed by atoms with Gasteiger partial charge in [0.05, 0.1) is 25.1 Å². The van der Waals surface area contributed by atoms with Crippen molar-refractivity contribution in [2.45, 2.75) is 25.9 Å². The summed E-state index contributed by atoms with van der Waals surface area (Å²) in [6, 6.07) is 14.7. The van der Waals surface area contributed by atoms with E-state index in [-0.39, 0.29) is 12.5 Å². The molecule has 0 radical (unpaired) electrons. The molecule has 1 atom stereocenters. The minimum atomic E-state index is -3.51. The summed E-state index contributed by atoms with van der Waals surface area (Å²) in [6.07, 6.45) is 1.82. The first-order valence-electron chi connectivity index (χ1n) is 9.61. The quantitative estimate of drug-likeness (QED) is 0.666. The largest absolute Gasteiger partial charge is 0.494 e. The fourth-order valence-corrected chi connectivity index (χ4v) is 4.10. The van der Waals surface area contributed by atoms with Crippen LogP contribution in [0.25, 0.3) is 0 Å². The van der Waals surface area contributed by atoms with Gasteiger partial charge in [-0.1, -0.05) is 24.3 Å². The van der Waals surface area contributed by atoms with Crippen LogP contribution in [0.3, 0.4) is 0 Å². The van der Waals surface area contributed by atoms with E-state index in [1.807, 2.05) is 31.2 Å². The van der Waals surface area contributed by atoms with Crippen molar-refractivity contribution in [1.29, 1.82) is 0 Å². The average Bonchev–Trinajstić information content (AvgIpc) is 2.71. The summed E-state index contributed by atoms with van der Waals surface area (Å²) in [5, 5.41) is 2.85. The normalized spacial score (nSPS) is 15.9. The SMILES string of the molecule is CCOc1ccc(CCCNC(=O)[C@@H]2CN(S(C)(=O)=O)c3ccccc3O2)cc1. The van der Waals surface area contributed by atoms with E-state index in [0.29, 0.717) is 24.6 Å². The Labute approximate surface area is 171 Å². The zero-order valence-corrected chi connectivity index (χ0v) is 17.4. The predicted molar refractivity (Wildman–Crippen MR) is 112 cm³/mol. The van der Waals surface area contributed by atoms with E-state index in [1.165, 1.54) is 4.31 Å². The van der Waals surface area contributed by atoms with E-state index < -0.39 is 16.1 Å². The number of amides is 1. The molecule has 0 fully saturated rings. The number of ether oxygens (including phenoxy) is 2. The first kappa shape index (κ1) is 21.0. The Hall–Kier alpha value is -2.74. The van der Waals surface area contributed by atoms with Crippen LogP contribution >= 0.6 is 0 Å². The van der Waals surface area contributed by atoms with Crippen LogP contribution in [0.15, 0.2) is 48.5 Å². The second-order valence-corrected chi connectivity index (χ2v) is 8.75. The van der Waals surface area contributed by atoms with Crippen LogP contribution in [0.5, 0.6) is 11.5 Å². The van der Waals surface area contributed by atoms with E-state index in [1.54, 1.807) is 24.3 Å². The van der Waals surface area contributed by atoms with Crippen LogP contribution in [0.4, 0.5) is 5.69 Å². The topological polar surface area (TPSA) is 84.9 Å². The molecule has 29 heavy (non-hydrogen) atoms. The maximum Gasteiger partial charge on any atom is 0.263 e.